The summed E-state index contributed by atoms with van der Waals surface area (Å²) in [6.45, 7) is 2.73. The minimum absolute atomic E-state index is 0.0179. The second-order valence-corrected chi connectivity index (χ2v) is 5.64. The van der Waals surface area contributed by atoms with E-state index >= 15 is 0 Å². The van der Waals surface area contributed by atoms with Gasteiger partial charge in [-0.25, -0.2) is 0 Å². The van der Waals surface area contributed by atoms with Gasteiger partial charge >= 0.3 is 6.18 Å². The predicted octanol–water partition coefficient (Wildman–Crippen LogP) is 4.61. The molecule has 6 heteroatoms. The number of hydrogen-bond donors (Lipinski definition) is 0. The maximum atomic E-state index is 11.8. The van der Waals surface area contributed by atoms with Gasteiger partial charge in [-0.05, 0) is 31.9 Å². The fourth-order valence-corrected chi connectivity index (χ4v) is 2.92. The molecule has 1 aromatic heterocycles. The van der Waals surface area contributed by atoms with Crippen LogP contribution in [0.1, 0.15) is 27.1 Å². The van der Waals surface area contributed by atoms with E-state index in [1.807, 2.05) is 19.9 Å². The lowest BCUT2D eigenvalue weighted by atomic mass is 10.2. The van der Waals surface area contributed by atoms with Crippen LogP contribution in [-0.4, -0.2) is 19.4 Å². The van der Waals surface area contributed by atoms with Crippen LogP contribution < -0.4 is 0 Å². The van der Waals surface area contributed by atoms with Gasteiger partial charge in [-0.2, -0.15) is 13.2 Å². The average Bonchev–Trinajstić information content (AvgIpc) is 2.51. The second kappa shape index (κ2) is 6.07. The normalized spacial score (nSPS) is 14.0. The molecule has 0 amide bonds. The van der Waals surface area contributed by atoms with Crippen molar-refractivity contribution >= 4 is 22.9 Å². The van der Waals surface area contributed by atoms with Crippen LogP contribution in [-0.2, 0) is 4.74 Å². The van der Waals surface area contributed by atoms with Crippen LogP contribution in [0.5, 0.6) is 0 Å². The van der Waals surface area contributed by atoms with E-state index in [0.717, 1.165) is 15.3 Å². The summed E-state index contributed by atoms with van der Waals surface area (Å²) in [6, 6.07) is 2.02. The summed E-state index contributed by atoms with van der Waals surface area (Å²) in [5, 5.41) is -0.276. The van der Waals surface area contributed by atoms with E-state index in [9.17, 15) is 13.2 Å². The molecule has 1 atom stereocenters. The Morgan fingerprint density at radius 1 is 1.41 bits per heavy atom. The van der Waals surface area contributed by atoms with Crippen LogP contribution in [0.4, 0.5) is 13.2 Å². The minimum Gasteiger partial charge on any atom is -0.372 e. The smallest absolute Gasteiger partial charge is 0.372 e. The number of alkyl halides is 4. The summed E-state index contributed by atoms with van der Waals surface area (Å²) in [5.41, 5.74) is 1.09. The zero-order chi connectivity index (χ0) is 13.1. The molecule has 1 rings (SSSR count). The van der Waals surface area contributed by atoms with Crippen LogP contribution >= 0.6 is 22.9 Å². The summed E-state index contributed by atoms with van der Waals surface area (Å²) in [5.74, 6) is 0. The molecule has 0 N–H and O–H groups in total. The summed E-state index contributed by atoms with van der Waals surface area (Å²) in [4.78, 5) is 2.17. The molecule has 0 saturated carbocycles. The highest BCUT2D eigenvalue weighted by Crippen LogP contribution is 2.33. The van der Waals surface area contributed by atoms with Gasteiger partial charge in [0.1, 0.15) is 6.61 Å². The molecule has 0 fully saturated rings. The van der Waals surface area contributed by atoms with Gasteiger partial charge < -0.3 is 4.74 Å². The maximum Gasteiger partial charge on any atom is 0.411 e. The standard InChI is InChI=1S/C11H14ClF3OS/c1-7-5-8(2)17-10(7)9(12)3-4-16-6-11(13,14)15/h5,9H,3-4,6H2,1-2H3. The minimum atomic E-state index is -4.27. The van der Waals surface area contributed by atoms with Gasteiger partial charge in [0.2, 0.25) is 0 Å². The van der Waals surface area contributed by atoms with Crippen molar-refractivity contribution in [3.63, 3.8) is 0 Å². The molecule has 0 bridgehead atoms. The quantitative estimate of drug-likeness (QED) is 0.567. The zero-order valence-electron chi connectivity index (χ0n) is 9.60. The summed E-state index contributed by atoms with van der Waals surface area (Å²) < 4.78 is 40.0. The van der Waals surface area contributed by atoms with E-state index in [0.29, 0.717) is 6.42 Å². The first kappa shape index (κ1) is 14.8. The van der Waals surface area contributed by atoms with Crippen molar-refractivity contribution in [1.29, 1.82) is 0 Å². The molecular weight excluding hydrogens is 273 g/mol. The molecule has 0 spiro atoms. The molecule has 0 aliphatic heterocycles. The first-order valence-electron chi connectivity index (χ1n) is 5.15. The Hall–Kier alpha value is -0.260. The summed E-state index contributed by atoms with van der Waals surface area (Å²) in [7, 11) is 0. The van der Waals surface area contributed by atoms with E-state index in [2.05, 4.69) is 4.74 Å². The average molecular weight is 287 g/mol. The van der Waals surface area contributed by atoms with E-state index in [1.54, 1.807) is 11.3 Å². The van der Waals surface area contributed by atoms with Crippen molar-refractivity contribution in [1.82, 2.24) is 0 Å². The largest absolute Gasteiger partial charge is 0.411 e. The molecular formula is C11H14ClF3OS. The van der Waals surface area contributed by atoms with Gasteiger partial charge in [0.15, 0.2) is 0 Å². The van der Waals surface area contributed by atoms with E-state index in [1.165, 1.54) is 0 Å². The Kier molecular flexibility index (Phi) is 5.28. The topological polar surface area (TPSA) is 9.23 Å². The number of thiophene rings is 1. The molecule has 0 saturated heterocycles. The third-order valence-corrected chi connectivity index (χ3v) is 3.98. The van der Waals surface area contributed by atoms with E-state index in [4.69, 9.17) is 11.6 Å². The highest BCUT2D eigenvalue weighted by Gasteiger charge is 2.27. The monoisotopic (exact) mass is 286 g/mol. The van der Waals surface area contributed by atoms with Crippen LogP contribution in [0.25, 0.3) is 0 Å². The van der Waals surface area contributed by atoms with Crippen molar-refractivity contribution in [2.75, 3.05) is 13.2 Å². The van der Waals surface area contributed by atoms with Gasteiger partial charge in [0.25, 0.3) is 0 Å². The molecule has 98 valence electrons. The van der Waals surface area contributed by atoms with Crippen molar-refractivity contribution in [2.45, 2.75) is 31.8 Å². The second-order valence-electron chi connectivity index (χ2n) is 3.83. The van der Waals surface area contributed by atoms with Crippen molar-refractivity contribution < 1.29 is 17.9 Å². The van der Waals surface area contributed by atoms with Crippen LogP contribution in [0.3, 0.4) is 0 Å². The van der Waals surface area contributed by atoms with E-state index in [-0.39, 0.29) is 12.0 Å². The number of halogens is 4. The number of aryl methyl sites for hydroxylation is 2. The number of rotatable bonds is 5. The molecule has 1 heterocycles. The molecule has 0 radical (unpaired) electrons. The third kappa shape index (κ3) is 5.27. The van der Waals surface area contributed by atoms with Crippen molar-refractivity contribution in [2.24, 2.45) is 0 Å². The fourth-order valence-electron chi connectivity index (χ4n) is 1.48. The first-order chi connectivity index (χ1) is 7.79. The Labute approximate surface area is 108 Å². The maximum absolute atomic E-state index is 11.8. The number of hydrogen-bond acceptors (Lipinski definition) is 2. The Bertz CT molecular complexity index is 362. The highest BCUT2D eigenvalue weighted by atomic mass is 35.5. The van der Waals surface area contributed by atoms with Gasteiger partial charge in [0, 0.05) is 16.4 Å². The van der Waals surface area contributed by atoms with Crippen molar-refractivity contribution in [3.8, 4) is 0 Å². The molecule has 1 nitrogen and oxygen atoms in total. The molecule has 0 aliphatic carbocycles. The Morgan fingerprint density at radius 2 is 2.06 bits per heavy atom. The lowest BCUT2D eigenvalue weighted by molar-refractivity contribution is -0.174. The van der Waals surface area contributed by atoms with Crippen LogP contribution in [0.15, 0.2) is 6.07 Å². The Morgan fingerprint density at radius 3 is 2.53 bits per heavy atom. The summed E-state index contributed by atoms with van der Waals surface area (Å²) >= 11 is 7.70. The molecule has 1 unspecified atom stereocenters. The molecule has 0 aromatic carbocycles. The zero-order valence-corrected chi connectivity index (χ0v) is 11.2. The first-order valence-corrected chi connectivity index (χ1v) is 6.40. The van der Waals surface area contributed by atoms with Crippen LogP contribution in [0, 0.1) is 13.8 Å². The molecule has 1 aromatic rings. The lowest BCUT2D eigenvalue weighted by Gasteiger charge is -2.10. The van der Waals surface area contributed by atoms with Gasteiger partial charge in [-0.3, -0.25) is 0 Å². The SMILES string of the molecule is Cc1cc(C)c(C(Cl)CCOCC(F)(F)F)s1. The third-order valence-electron chi connectivity index (χ3n) is 2.15. The Balaban J connectivity index is 2.35. The predicted molar refractivity (Wildman–Crippen MR) is 63.9 cm³/mol. The summed E-state index contributed by atoms with van der Waals surface area (Å²) in [6.07, 6.45) is -3.88. The van der Waals surface area contributed by atoms with Crippen molar-refractivity contribution in [3.05, 3.63) is 21.4 Å². The van der Waals surface area contributed by atoms with E-state index < -0.39 is 12.8 Å². The highest BCUT2D eigenvalue weighted by molar-refractivity contribution is 7.12. The number of ether oxygens (including phenoxy) is 1. The lowest BCUT2D eigenvalue weighted by Crippen LogP contribution is -2.17. The molecule has 17 heavy (non-hydrogen) atoms. The molecule has 0 aliphatic rings. The van der Waals surface area contributed by atoms with Gasteiger partial charge in [-0.15, -0.1) is 22.9 Å². The van der Waals surface area contributed by atoms with Gasteiger partial charge in [0.05, 0.1) is 5.38 Å². The van der Waals surface area contributed by atoms with Gasteiger partial charge in [-0.1, -0.05) is 0 Å². The fraction of sp³-hybridized carbons (Fsp3) is 0.636. The van der Waals surface area contributed by atoms with Crippen LogP contribution in [0.2, 0.25) is 0 Å².